The second kappa shape index (κ2) is 7.24. The van der Waals surface area contributed by atoms with E-state index in [-0.39, 0.29) is 12.6 Å². The normalized spacial score (nSPS) is 12.3. The van der Waals surface area contributed by atoms with Crippen LogP contribution >= 0.6 is 0 Å². The van der Waals surface area contributed by atoms with Crippen LogP contribution in [0.2, 0.25) is 0 Å². The molecule has 0 unspecified atom stereocenters. The molecule has 0 saturated carbocycles. The van der Waals surface area contributed by atoms with Crippen LogP contribution in [0.3, 0.4) is 0 Å². The summed E-state index contributed by atoms with van der Waals surface area (Å²) >= 11 is 0. The third kappa shape index (κ3) is 3.37. The Hall–Kier alpha value is -1.26. The molecule has 0 saturated heterocycles. The number of methoxy groups -OCH3 is 1. The lowest BCUT2D eigenvalue weighted by Gasteiger charge is -2.28. The maximum absolute atomic E-state index is 8.96. The molecule has 4 nitrogen and oxygen atoms in total. The van der Waals surface area contributed by atoms with E-state index in [4.69, 9.17) is 15.6 Å². The van der Waals surface area contributed by atoms with Gasteiger partial charge in [0.05, 0.1) is 7.11 Å². The van der Waals surface area contributed by atoms with Crippen molar-refractivity contribution in [2.75, 3.05) is 31.7 Å². The van der Waals surface area contributed by atoms with Crippen LogP contribution in [0.1, 0.15) is 31.9 Å². The minimum Gasteiger partial charge on any atom is -0.496 e. The van der Waals surface area contributed by atoms with Crippen molar-refractivity contribution in [3.05, 3.63) is 23.8 Å². The molecule has 18 heavy (non-hydrogen) atoms. The van der Waals surface area contributed by atoms with Crippen molar-refractivity contribution in [1.29, 1.82) is 0 Å². The molecule has 4 heteroatoms. The van der Waals surface area contributed by atoms with E-state index in [1.165, 1.54) is 0 Å². The summed E-state index contributed by atoms with van der Waals surface area (Å²) in [4.78, 5) is 2.22. The summed E-state index contributed by atoms with van der Waals surface area (Å²) in [6.07, 6.45) is 0.753. The molecule has 102 valence electrons. The molecule has 0 bridgehead atoms. The van der Waals surface area contributed by atoms with Gasteiger partial charge in [-0.05, 0) is 32.4 Å². The molecule has 0 spiro atoms. The lowest BCUT2D eigenvalue weighted by atomic mass is 10.0. The number of hydrogen-bond acceptors (Lipinski definition) is 4. The van der Waals surface area contributed by atoms with E-state index >= 15 is 0 Å². The third-order valence-corrected chi connectivity index (χ3v) is 3.03. The van der Waals surface area contributed by atoms with E-state index in [0.29, 0.717) is 0 Å². The van der Waals surface area contributed by atoms with Gasteiger partial charge in [-0.1, -0.05) is 6.07 Å². The minimum absolute atomic E-state index is 0.0840. The lowest BCUT2D eigenvalue weighted by Crippen LogP contribution is -2.27. The van der Waals surface area contributed by atoms with Gasteiger partial charge in [-0.3, -0.25) is 0 Å². The quantitative estimate of drug-likeness (QED) is 0.778. The Kier molecular flexibility index (Phi) is 5.95. The standard InChI is InChI=1S/C14H24N2O2/c1-4-16(9-6-10-17)12-7-5-8-13(18-3)14(12)11(2)15/h5,7-8,11,17H,4,6,9-10,15H2,1-3H3/t11-/m1/s1. The van der Waals surface area contributed by atoms with Gasteiger partial charge < -0.3 is 20.5 Å². The van der Waals surface area contributed by atoms with Crippen molar-refractivity contribution in [2.45, 2.75) is 26.3 Å². The molecule has 3 N–H and O–H groups in total. The first-order valence-corrected chi connectivity index (χ1v) is 6.44. The number of hydrogen-bond donors (Lipinski definition) is 2. The van der Waals surface area contributed by atoms with E-state index in [2.05, 4.69) is 17.9 Å². The van der Waals surface area contributed by atoms with Crippen LogP contribution in [0.25, 0.3) is 0 Å². The summed E-state index contributed by atoms with van der Waals surface area (Å²) in [6, 6.07) is 5.88. The second-order valence-electron chi connectivity index (χ2n) is 4.34. The molecule has 0 fully saturated rings. The number of ether oxygens (including phenoxy) is 1. The van der Waals surface area contributed by atoms with Gasteiger partial charge in [0, 0.05) is 37.0 Å². The van der Waals surface area contributed by atoms with Crippen LogP contribution in [0.15, 0.2) is 18.2 Å². The Morgan fingerprint density at radius 1 is 1.44 bits per heavy atom. The number of aliphatic hydroxyl groups excluding tert-OH is 1. The smallest absolute Gasteiger partial charge is 0.125 e. The molecule has 1 rings (SSSR count). The first-order valence-electron chi connectivity index (χ1n) is 6.44. The van der Waals surface area contributed by atoms with E-state index in [9.17, 15) is 0 Å². The lowest BCUT2D eigenvalue weighted by molar-refractivity contribution is 0.289. The number of nitrogens with zero attached hydrogens (tertiary/aromatic N) is 1. The Morgan fingerprint density at radius 3 is 2.67 bits per heavy atom. The molecule has 0 amide bonds. The van der Waals surface area contributed by atoms with E-state index < -0.39 is 0 Å². The van der Waals surface area contributed by atoms with Crippen LogP contribution in [-0.2, 0) is 0 Å². The van der Waals surface area contributed by atoms with Crippen LogP contribution in [0.5, 0.6) is 5.75 Å². The summed E-state index contributed by atoms with van der Waals surface area (Å²) in [5.74, 6) is 0.824. The molecule has 0 radical (unpaired) electrons. The molecule has 1 atom stereocenters. The first-order chi connectivity index (χ1) is 8.65. The van der Waals surface area contributed by atoms with Crippen molar-refractivity contribution in [3.63, 3.8) is 0 Å². The summed E-state index contributed by atoms with van der Waals surface area (Å²) in [7, 11) is 1.66. The molecule has 0 aromatic heterocycles. The Labute approximate surface area is 109 Å². The molecule has 0 heterocycles. The first kappa shape index (κ1) is 14.8. The van der Waals surface area contributed by atoms with Gasteiger partial charge in [0.25, 0.3) is 0 Å². The van der Waals surface area contributed by atoms with Crippen LogP contribution in [0.4, 0.5) is 5.69 Å². The van der Waals surface area contributed by atoms with Crippen molar-refractivity contribution < 1.29 is 9.84 Å². The Balaban J connectivity index is 3.12. The Bertz CT molecular complexity index is 367. The SMILES string of the molecule is CCN(CCCO)c1cccc(OC)c1[C@@H](C)N. The fraction of sp³-hybridized carbons (Fsp3) is 0.571. The van der Waals surface area contributed by atoms with Crippen molar-refractivity contribution in [2.24, 2.45) is 5.73 Å². The molecule has 0 aliphatic carbocycles. The number of rotatable bonds is 7. The van der Waals surface area contributed by atoms with E-state index in [0.717, 1.165) is 36.5 Å². The summed E-state index contributed by atoms with van der Waals surface area (Å²) in [5.41, 5.74) is 8.18. The summed E-state index contributed by atoms with van der Waals surface area (Å²) in [5, 5.41) is 8.96. The van der Waals surface area contributed by atoms with Crippen molar-refractivity contribution in [1.82, 2.24) is 0 Å². The largest absolute Gasteiger partial charge is 0.496 e. The van der Waals surface area contributed by atoms with Crippen molar-refractivity contribution in [3.8, 4) is 5.75 Å². The molecule has 0 aliphatic rings. The molecular formula is C14H24N2O2. The maximum Gasteiger partial charge on any atom is 0.125 e. The number of nitrogens with two attached hydrogens (primary N) is 1. The zero-order valence-electron chi connectivity index (χ0n) is 11.5. The average Bonchev–Trinajstić information content (AvgIpc) is 2.38. The fourth-order valence-corrected chi connectivity index (χ4v) is 2.15. The van der Waals surface area contributed by atoms with Crippen LogP contribution < -0.4 is 15.4 Å². The van der Waals surface area contributed by atoms with E-state index in [1.54, 1.807) is 7.11 Å². The van der Waals surface area contributed by atoms with Gasteiger partial charge in [-0.15, -0.1) is 0 Å². The predicted molar refractivity (Wildman–Crippen MR) is 75.2 cm³/mol. The van der Waals surface area contributed by atoms with Crippen LogP contribution in [-0.4, -0.2) is 31.9 Å². The fourth-order valence-electron chi connectivity index (χ4n) is 2.15. The van der Waals surface area contributed by atoms with Crippen molar-refractivity contribution >= 4 is 5.69 Å². The molecule has 1 aromatic rings. The molecular weight excluding hydrogens is 228 g/mol. The molecule has 0 aliphatic heterocycles. The molecule has 1 aromatic carbocycles. The summed E-state index contributed by atoms with van der Waals surface area (Å²) < 4.78 is 5.39. The van der Waals surface area contributed by atoms with Gasteiger partial charge in [-0.25, -0.2) is 0 Å². The van der Waals surface area contributed by atoms with Gasteiger partial charge in [0.2, 0.25) is 0 Å². The topological polar surface area (TPSA) is 58.7 Å². The Morgan fingerprint density at radius 2 is 2.17 bits per heavy atom. The van der Waals surface area contributed by atoms with Gasteiger partial charge >= 0.3 is 0 Å². The van der Waals surface area contributed by atoms with Crippen LogP contribution in [0, 0.1) is 0 Å². The highest BCUT2D eigenvalue weighted by atomic mass is 16.5. The van der Waals surface area contributed by atoms with Gasteiger partial charge in [0.15, 0.2) is 0 Å². The minimum atomic E-state index is -0.0840. The number of anilines is 1. The van der Waals surface area contributed by atoms with Gasteiger partial charge in [-0.2, -0.15) is 0 Å². The highest BCUT2D eigenvalue weighted by Gasteiger charge is 2.16. The maximum atomic E-state index is 8.96. The monoisotopic (exact) mass is 252 g/mol. The predicted octanol–water partition coefficient (Wildman–Crippen LogP) is 1.92. The zero-order valence-corrected chi connectivity index (χ0v) is 11.5. The zero-order chi connectivity index (χ0) is 13.5. The second-order valence-corrected chi connectivity index (χ2v) is 4.34. The highest BCUT2D eigenvalue weighted by Crippen LogP contribution is 2.33. The highest BCUT2D eigenvalue weighted by molar-refractivity contribution is 5.60. The average molecular weight is 252 g/mol. The number of aliphatic hydroxyl groups is 1. The third-order valence-electron chi connectivity index (χ3n) is 3.03. The number of benzene rings is 1. The summed E-state index contributed by atoms with van der Waals surface area (Å²) in [6.45, 7) is 5.96. The van der Waals surface area contributed by atoms with E-state index in [1.807, 2.05) is 19.1 Å². The van der Waals surface area contributed by atoms with Gasteiger partial charge in [0.1, 0.15) is 5.75 Å².